The van der Waals surface area contributed by atoms with Crippen molar-refractivity contribution in [1.82, 2.24) is 0 Å². The van der Waals surface area contributed by atoms with Gasteiger partial charge in [0, 0.05) is 10.8 Å². The molecule has 49 heavy (non-hydrogen) atoms. The van der Waals surface area contributed by atoms with Crippen LogP contribution in [0.15, 0.2) is 144 Å². The second-order valence-corrected chi connectivity index (χ2v) is 13.9. The molecule has 1 aliphatic carbocycles. The highest BCUT2D eigenvalue weighted by Crippen LogP contribution is 2.47. The number of fused-ring (bicyclic) bond motifs is 4. The minimum Gasteiger partial charge on any atom is -0.456 e. The second kappa shape index (κ2) is 9.24. The standard InChI is InChI=1S/C48H28O/c1-2-6-34-25-42-41(23-33(34)5-1)48-40(37-20-16-32-14-12-28-8-4-10-30-18-22-39(37)47(32)45(28)30)24-35(26-43(48)49-42)36-19-15-31-13-11-27-7-3-9-29-17-21-38(36)46(31)44(27)29/h2-4,6-26H,1,5H2. The van der Waals surface area contributed by atoms with Gasteiger partial charge in [0.25, 0.3) is 0 Å². The third-order valence-electron chi connectivity index (χ3n) is 11.4. The summed E-state index contributed by atoms with van der Waals surface area (Å²) in [6.07, 6.45) is 6.67. The molecule has 226 valence electrons. The molecule has 0 unspecified atom stereocenters. The van der Waals surface area contributed by atoms with Gasteiger partial charge in [-0.25, -0.2) is 0 Å². The van der Waals surface area contributed by atoms with E-state index in [1.54, 1.807) is 0 Å². The Kier molecular flexibility index (Phi) is 4.88. The van der Waals surface area contributed by atoms with Crippen LogP contribution in [0.1, 0.15) is 17.5 Å². The van der Waals surface area contributed by atoms with Gasteiger partial charge in [0.2, 0.25) is 0 Å². The zero-order valence-electron chi connectivity index (χ0n) is 26.7. The third kappa shape index (κ3) is 3.44. The van der Waals surface area contributed by atoms with Crippen molar-refractivity contribution in [1.29, 1.82) is 0 Å². The zero-order valence-corrected chi connectivity index (χ0v) is 26.7. The van der Waals surface area contributed by atoms with Crippen molar-refractivity contribution in [2.24, 2.45) is 0 Å². The molecule has 12 rings (SSSR count). The van der Waals surface area contributed by atoms with Crippen LogP contribution in [0, 0.1) is 0 Å². The first-order valence-electron chi connectivity index (χ1n) is 17.3. The molecule has 10 aromatic carbocycles. The summed E-state index contributed by atoms with van der Waals surface area (Å²) >= 11 is 0. The van der Waals surface area contributed by atoms with E-state index in [0.29, 0.717) is 0 Å². The Morgan fingerprint density at radius 1 is 0.408 bits per heavy atom. The summed E-state index contributed by atoms with van der Waals surface area (Å²) in [7, 11) is 0. The van der Waals surface area contributed by atoms with Crippen molar-refractivity contribution >= 4 is 92.6 Å². The van der Waals surface area contributed by atoms with E-state index in [9.17, 15) is 0 Å². The molecule has 1 aliphatic rings. The van der Waals surface area contributed by atoms with Crippen molar-refractivity contribution in [2.45, 2.75) is 12.8 Å². The quantitative estimate of drug-likeness (QED) is 0.175. The van der Waals surface area contributed by atoms with Crippen LogP contribution < -0.4 is 0 Å². The molecule has 0 amide bonds. The van der Waals surface area contributed by atoms with E-state index in [0.717, 1.165) is 24.0 Å². The van der Waals surface area contributed by atoms with Crippen LogP contribution >= 0.6 is 0 Å². The van der Waals surface area contributed by atoms with Gasteiger partial charge in [-0.05, 0) is 135 Å². The topological polar surface area (TPSA) is 13.1 Å². The van der Waals surface area contributed by atoms with Crippen LogP contribution in [0.5, 0.6) is 0 Å². The van der Waals surface area contributed by atoms with Crippen LogP contribution in [0.4, 0.5) is 0 Å². The molecule has 1 nitrogen and oxygen atoms in total. The molecule has 11 aromatic rings. The maximum absolute atomic E-state index is 6.86. The minimum atomic E-state index is 0.935. The summed E-state index contributed by atoms with van der Waals surface area (Å²) in [5.74, 6) is 0. The van der Waals surface area contributed by atoms with Gasteiger partial charge in [0.1, 0.15) is 11.2 Å². The summed E-state index contributed by atoms with van der Waals surface area (Å²) in [5, 5.41) is 18.0. The highest BCUT2D eigenvalue weighted by Gasteiger charge is 2.21. The first-order chi connectivity index (χ1) is 24.3. The molecule has 0 saturated heterocycles. The van der Waals surface area contributed by atoms with E-state index < -0.39 is 0 Å². The van der Waals surface area contributed by atoms with Gasteiger partial charge in [0.15, 0.2) is 0 Å². The number of aryl methyl sites for hydroxylation is 1. The van der Waals surface area contributed by atoms with Crippen molar-refractivity contribution in [3.63, 3.8) is 0 Å². The molecule has 0 aliphatic heterocycles. The predicted octanol–water partition coefficient (Wildman–Crippen LogP) is 13.7. The highest BCUT2D eigenvalue weighted by molar-refractivity contribution is 6.28. The SMILES string of the molecule is C1=Cc2cc3oc4cc(-c5ccc6ccc7cccc8ccc5c6c78)cc(-c5ccc6ccc7cccc8ccc5c6c78)c4c3cc2CC1. The molecular formula is C48H28O. The summed E-state index contributed by atoms with van der Waals surface area (Å²) < 4.78 is 6.86. The molecule has 0 radical (unpaired) electrons. The smallest absolute Gasteiger partial charge is 0.136 e. The first kappa shape index (κ1) is 25.9. The molecule has 0 spiro atoms. The number of rotatable bonds is 2. The fourth-order valence-electron chi connectivity index (χ4n) is 9.16. The molecule has 0 N–H and O–H groups in total. The van der Waals surface area contributed by atoms with Gasteiger partial charge < -0.3 is 4.42 Å². The Balaban J connectivity index is 1.22. The molecule has 0 atom stereocenters. The van der Waals surface area contributed by atoms with Crippen LogP contribution in [0.25, 0.3) is 115 Å². The Labute approximate surface area is 282 Å². The van der Waals surface area contributed by atoms with Gasteiger partial charge in [0.05, 0.1) is 0 Å². The average Bonchev–Trinajstić information content (AvgIpc) is 3.51. The Morgan fingerprint density at radius 2 is 0.980 bits per heavy atom. The Morgan fingerprint density at radius 3 is 1.65 bits per heavy atom. The Hall–Kier alpha value is -6.18. The number of allylic oxidation sites excluding steroid dienone is 1. The zero-order chi connectivity index (χ0) is 31.8. The van der Waals surface area contributed by atoms with Gasteiger partial charge in [-0.3, -0.25) is 0 Å². The highest BCUT2D eigenvalue weighted by atomic mass is 16.3. The largest absolute Gasteiger partial charge is 0.456 e. The van der Waals surface area contributed by atoms with E-state index >= 15 is 0 Å². The van der Waals surface area contributed by atoms with E-state index in [-0.39, 0.29) is 0 Å². The summed E-state index contributed by atoms with van der Waals surface area (Å²) in [6.45, 7) is 0. The summed E-state index contributed by atoms with van der Waals surface area (Å²) in [6, 6.07) is 50.2. The number of hydrogen-bond donors (Lipinski definition) is 0. The van der Waals surface area contributed by atoms with Crippen LogP contribution in [-0.4, -0.2) is 0 Å². The van der Waals surface area contributed by atoms with Crippen molar-refractivity contribution in [2.75, 3.05) is 0 Å². The van der Waals surface area contributed by atoms with Crippen LogP contribution in [-0.2, 0) is 6.42 Å². The molecule has 1 aromatic heterocycles. The lowest BCUT2D eigenvalue weighted by Gasteiger charge is -2.17. The summed E-state index contributed by atoms with van der Waals surface area (Å²) in [5.41, 5.74) is 9.43. The predicted molar refractivity (Wildman–Crippen MR) is 209 cm³/mol. The van der Waals surface area contributed by atoms with Crippen molar-refractivity contribution in [3.8, 4) is 22.3 Å². The monoisotopic (exact) mass is 620 g/mol. The van der Waals surface area contributed by atoms with Gasteiger partial charge in [-0.15, -0.1) is 0 Å². The van der Waals surface area contributed by atoms with Gasteiger partial charge >= 0.3 is 0 Å². The lowest BCUT2D eigenvalue weighted by atomic mass is 9.86. The van der Waals surface area contributed by atoms with Gasteiger partial charge in [-0.1, -0.05) is 121 Å². The molecule has 1 heteroatoms. The van der Waals surface area contributed by atoms with Crippen molar-refractivity contribution < 1.29 is 4.42 Å². The van der Waals surface area contributed by atoms with E-state index in [1.165, 1.54) is 109 Å². The first-order valence-corrected chi connectivity index (χ1v) is 17.3. The van der Waals surface area contributed by atoms with Gasteiger partial charge in [-0.2, -0.15) is 0 Å². The third-order valence-corrected chi connectivity index (χ3v) is 11.4. The average molecular weight is 621 g/mol. The maximum Gasteiger partial charge on any atom is 0.136 e. The van der Waals surface area contributed by atoms with Crippen LogP contribution in [0.2, 0.25) is 0 Å². The molecular weight excluding hydrogens is 593 g/mol. The fourth-order valence-corrected chi connectivity index (χ4v) is 9.16. The minimum absolute atomic E-state index is 0.935. The molecule has 0 fully saturated rings. The molecule has 1 heterocycles. The number of hydrogen-bond acceptors (Lipinski definition) is 1. The van der Waals surface area contributed by atoms with E-state index in [4.69, 9.17) is 4.42 Å². The van der Waals surface area contributed by atoms with E-state index in [1.807, 2.05) is 0 Å². The number of benzene rings is 10. The normalized spacial score (nSPS) is 13.5. The Bertz CT molecular complexity index is 3180. The lowest BCUT2D eigenvalue weighted by molar-refractivity contribution is 0.669. The fraction of sp³-hybridized carbons (Fsp3) is 0.0417. The maximum atomic E-state index is 6.86. The molecule has 0 saturated carbocycles. The van der Waals surface area contributed by atoms with Crippen LogP contribution in [0.3, 0.4) is 0 Å². The number of furan rings is 1. The summed E-state index contributed by atoms with van der Waals surface area (Å²) in [4.78, 5) is 0. The van der Waals surface area contributed by atoms with E-state index in [2.05, 4.69) is 146 Å². The molecule has 0 bridgehead atoms. The second-order valence-electron chi connectivity index (χ2n) is 13.9. The van der Waals surface area contributed by atoms with Crippen molar-refractivity contribution in [3.05, 3.63) is 151 Å². The lowest BCUT2D eigenvalue weighted by Crippen LogP contribution is -1.93.